The van der Waals surface area contributed by atoms with E-state index in [0.717, 1.165) is 25.9 Å². The Labute approximate surface area is 121 Å². The zero-order valence-corrected chi connectivity index (χ0v) is 12.9. The molecule has 1 N–H and O–H groups in total. The maximum absolute atomic E-state index is 12.0. The lowest BCUT2D eigenvalue weighted by Gasteiger charge is -2.22. The minimum absolute atomic E-state index is 0.173. The Kier molecular flexibility index (Phi) is 5.32. The molecule has 1 fully saturated rings. The number of hydrogen-bond donors (Lipinski definition) is 1. The molecule has 1 aromatic rings. The molecule has 19 heavy (non-hydrogen) atoms. The van der Waals surface area contributed by atoms with E-state index < -0.39 is 10.0 Å². The third kappa shape index (κ3) is 4.52. The van der Waals surface area contributed by atoms with Gasteiger partial charge in [-0.25, -0.2) is 13.1 Å². The minimum atomic E-state index is -3.48. The van der Waals surface area contributed by atoms with Crippen LogP contribution in [0.5, 0.6) is 0 Å². The van der Waals surface area contributed by atoms with E-state index in [1.165, 1.54) is 12.3 Å². The van der Waals surface area contributed by atoms with Crippen LogP contribution in [-0.2, 0) is 14.8 Å². The molecule has 1 saturated heterocycles. The molecular weight excluding hydrogens is 332 g/mol. The van der Waals surface area contributed by atoms with Crippen molar-refractivity contribution < 1.29 is 13.2 Å². The molecule has 0 saturated carbocycles. The summed E-state index contributed by atoms with van der Waals surface area (Å²) in [5, 5.41) is 0. The maximum atomic E-state index is 12.0. The van der Waals surface area contributed by atoms with Gasteiger partial charge in [0.05, 0.1) is 6.10 Å². The third-order valence-electron chi connectivity index (χ3n) is 3.02. The fourth-order valence-corrected chi connectivity index (χ4v) is 3.56. The van der Waals surface area contributed by atoms with Gasteiger partial charge in [0.1, 0.15) is 4.90 Å². The number of pyridine rings is 1. The second kappa shape index (κ2) is 6.78. The number of rotatable bonds is 5. The van der Waals surface area contributed by atoms with Crippen LogP contribution in [0.3, 0.4) is 0 Å². The molecule has 0 aliphatic carbocycles. The molecule has 1 aliphatic heterocycles. The van der Waals surface area contributed by atoms with Crippen molar-refractivity contribution in [1.29, 1.82) is 0 Å². The van der Waals surface area contributed by atoms with Crippen molar-refractivity contribution in [3.8, 4) is 0 Å². The summed E-state index contributed by atoms with van der Waals surface area (Å²) in [5.41, 5.74) is 0. The van der Waals surface area contributed by atoms with Crippen LogP contribution in [0, 0.1) is 0 Å². The van der Waals surface area contributed by atoms with Crippen LogP contribution in [0.4, 0.5) is 0 Å². The first-order chi connectivity index (χ1) is 9.08. The average Bonchev–Trinajstić information content (AvgIpc) is 2.40. The normalized spacial score (nSPS) is 20.4. The van der Waals surface area contributed by atoms with Gasteiger partial charge in [-0.15, -0.1) is 0 Å². The molecule has 106 valence electrons. The van der Waals surface area contributed by atoms with Gasteiger partial charge < -0.3 is 4.74 Å². The highest BCUT2D eigenvalue weighted by Gasteiger charge is 2.17. The first-order valence-electron chi connectivity index (χ1n) is 6.30. The first-order valence-corrected chi connectivity index (χ1v) is 8.57. The summed E-state index contributed by atoms with van der Waals surface area (Å²) in [6, 6.07) is 1.53. The van der Waals surface area contributed by atoms with Crippen LogP contribution in [0.15, 0.2) is 27.8 Å². The van der Waals surface area contributed by atoms with Crippen LogP contribution in [0.1, 0.15) is 25.7 Å². The summed E-state index contributed by atoms with van der Waals surface area (Å²) in [7, 11) is -3.48. The highest BCUT2D eigenvalue weighted by atomic mass is 79.9. The monoisotopic (exact) mass is 348 g/mol. The van der Waals surface area contributed by atoms with E-state index in [2.05, 4.69) is 25.6 Å². The SMILES string of the molecule is O=S(=O)(NCCC1CCCCO1)c1cncc(Br)c1. The topological polar surface area (TPSA) is 68.3 Å². The molecule has 1 unspecified atom stereocenters. The molecule has 2 rings (SSSR count). The molecule has 7 heteroatoms. The van der Waals surface area contributed by atoms with Crippen LogP contribution >= 0.6 is 15.9 Å². The van der Waals surface area contributed by atoms with Crippen molar-refractivity contribution in [2.24, 2.45) is 0 Å². The lowest BCUT2D eigenvalue weighted by Crippen LogP contribution is -2.29. The largest absolute Gasteiger partial charge is 0.378 e. The predicted molar refractivity (Wildman–Crippen MR) is 75.3 cm³/mol. The van der Waals surface area contributed by atoms with E-state index in [-0.39, 0.29) is 11.0 Å². The summed E-state index contributed by atoms with van der Waals surface area (Å²) < 4.78 is 32.8. The van der Waals surface area contributed by atoms with Crippen molar-refractivity contribution in [1.82, 2.24) is 9.71 Å². The van der Waals surface area contributed by atoms with Gasteiger partial charge in [-0.1, -0.05) is 0 Å². The van der Waals surface area contributed by atoms with E-state index in [4.69, 9.17) is 4.74 Å². The second-order valence-electron chi connectivity index (χ2n) is 4.51. The van der Waals surface area contributed by atoms with Gasteiger partial charge in [0.15, 0.2) is 0 Å². The number of hydrogen-bond acceptors (Lipinski definition) is 4. The van der Waals surface area contributed by atoms with Crippen molar-refractivity contribution in [2.75, 3.05) is 13.2 Å². The van der Waals surface area contributed by atoms with Crippen molar-refractivity contribution >= 4 is 26.0 Å². The quantitative estimate of drug-likeness (QED) is 0.884. The molecule has 1 atom stereocenters. The number of halogens is 1. The fraction of sp³-hybridized carbons (Fsp3) is 0.583. The Hall–Kier alpha value is -0.500. The van der Waals surface area contributed by atoms with Crippen LogP contribution in [-0.4, -0.2) is 32.7 Å². The van der Waals surface area contributed by atoms with Crippen LogP contribution in [0.25, 0.3) is 0 Å². The van der Waals surface area contributed by atoms with E-state index in [1.54, 1.807) is 6.20 Å². The van der Waals surface area contributed by atoms with Gasteiger partial charge in [-0.2, -0.15) is 0 Å². The lowest BCUT2D eigenvalue weighted by atomic mass is 10.1. The summed E-state index contributed by atoms with van der Waals surface area (Å²) >= 11 is 3.21. The molecule has 1 aliphatic rings. The molecule has 2 heterocycles. The molecule has 0 spiro atoms. The van der Waals surface area contributed by atoms with Crippen LogP contribution in [0.2, 0.25) is 0 Å². The van der Waals surface area contributed by atoms with Gasteiger partial charge in [-0.05, 0) is 47.7 Å². The van der Waals surface area contributed by atoms with Crippen molar-refractivity contribution in [2.45, 2.75) is 36.7 Å². The van der Waals surface area contributed by atoms with E-state index in [0.29, 0.717) is 17.4 Å². The van der Waals surface area contributed by atoms with Crippen molar-refractivity contribution in [3.63, 3.8) is 0 Å². The molecule has 5 nitrogen and oxygen atoms in total. The zero-order chi connectivity index (χ0) is 13.7. The summed E-state index contributed by atoms with van der Waals surface area (Å²) in [5.74, 6) is 0. The lowest BCUT2D eigenvalue weighted by molar-refractivity contribution is 0.0123. The Morgan fingerprint density at radius 2 is 2.26 bits per heavy atom. The molecule has 0 amide bonds. The molecule has 0 aromatic carbocycles. The highest BCUT2D eigenvalue weighted by Crippen LogP contribution is 2.16. The molecule has 0 radical (unpaired) electrons. The molecule has 1 aromatic heterocycles. The number of sulfonamides is 1. The zero-order valence-electron chi connectivity index (χ0n) is 10.5. The second-order valence-corrected chi connectivity index (χ2v) is 7.20. The van der Waals surface area contributed by atoms with Crippen molar-refractivity contribution in [3.05, 3.63) is 22.9 Å². The first kappa shape index (κ1) is 14.9. The smallest absolute Gasteiger partial charge is 0.242 e. The van der Waals surface area contributed by atoms with E-state index in [9.17, 15) is 8.42 Å². The van der Waals surface area contributed by atoms with Crippen LogP contribution < -0.4 is 4.72 Å². The Morgan fingerprint density at radius 1 is 1.42 bits per heavy atom. The third-order valence-corrected chi connectivity index (χ3v) is 4.88. The number of nitrogens with one attached hydrogen (secondary N) is 1. The van der Waals surface area contributed by atoms with Gasteiger partial charge in [0.2, 0.25) is 10.0 Å². The molecule has 0 bridgehead atoms. The number of ether oxygens (including phenoxy) is 1. The van der Waals surface area contributed by atoms with Gasteiger partial charge in [-0.3, -0.25) is 4.98 Å². The average molecular weight is 349 g/mol. The van der Waals surface area contributed by atoms with E-state index >= 15 is 0 Å². The maximum Gasteiger partial charge on any atom is 0.242 e. The summed E-state index contributed by atoms with van der Waals surface area (Å²) in [4.78, 5) is 4.03. The Bertz CT molecular complexity index is 515. The summed E-state index contributed by atoms with van der Waals surface area (Å²) in [6.07, 6.45) is 7.05. The fourth-order valence-electron chi connectivity index (χ4n) is 2.01. The highest BCUT2D eigenvalue weighted by molar-refractivity contribution is 9.10. The van der Waals surface area contributed by atoms with E-state index in [1.807, 2.05) is 0 Å². The minimum Gasteiger partial charge on any atom is -0.378 e. The Balaban J connectivity index is 1.87. The van der Waals surface area contributed by atoms with Gasteiger partial charge >= 0.3 is 0 Å². The van der Waals surface area contributed by atoms with Gasteiger partial charge in [0, 0.05) is 30.0 Å². The predicted octanol–water partition coefficient (Wildman–Crippen LogP) is 2.08. The Morgan fingerprint density at radius 3 is 2.95 bits per heavy atom. The standard InChI is InChI=1S/C12H17BrN2O3S/c13-10-7-12(9-14-8-10)19(16,17)15-5-4-11-3-1-2-6-18-11/h7-9,11,15H,1-6H2. The number of nitrogens with zero attached hydrogens (tertiary/aromatic N) is 1. The van der Waals surface area contributed by atoms with Gasteiger partial charge in [0.25, 0.3) is 0 Å². The summed E-state index contributed by atoms with van der Waals surface area (Å²) in [6.45, 7) is 1.17. The molecular formula is C12H17BrN2O3S. The number of aromatic nitrogens is 1.